The molecule has 0 aliphatic carbocycles. The van der Waals surface area contributed by atoms with Crippen LogP contribution in [-0.4, -0.2) is 59.8 Å². The minimum Gasteiger partial charge on any atom is -0.464 e. The number of esters is 2. The van der Waals surface area contributed by atoms with Gasteiger partial charge in [0.1, 0.15) is 11.8 Å². The average Bonchev–Trinajstić information content (AvgIpc) is 2.92. The number of unbranched alkanes of at least 4 members (excludes halogenated alkanes) is 1. The van der Waals surface area contributed by atoms with Gasteiger partial charge in [-0.05, 0) is 40.8 Å². The van der Waals surface area contributed by atoms with Crippen LogP contribution in [0.25, 0.3) is 10.8 Å². The van der Waals surface area contributed by atoms with Gasteiger partial charge in [0.15, 0.2) is 6.10 Å². The Balaban J connectivity index is 1.79. The summed E-state index contributed by atoms with van der Waals surface area (Å²) in [5.41, 5.74) is 0.846. The number of carbonyl (C=O) groups is 3. The zero-order chi connectivity index (χ0) is 28.2. The normalized spacial score (nSPS) is 12.5. The van der Waals surface area contributed by atoms with Crippen molar-refractivity contribution in [2.24, 2.45) is 5.92 Å². The van der Waals surface area contributed by atoms with Gasteiger partial charge in [-0.1, -0.05) is 87.9 Å². The van der Waals surface area contributed by atoms with Crippen LogP contribution in [0.4, 0.5) is 4.79 Å². The second-order valence-corrected chi connectivity index (χ2v) is 9.96. The van der Waals surface area contributed by atoms with Crippen molar-refractivity contribution in [3.05, 3.63) is 78.4 Å². The van der Waals surface area contributed by atoms with Gasteiger partial charge < -0.3 is 24.8 Å². The highest BCUT2D eigenvalue weighted by molar-refractivity contribution is 5.86. The van der Waals surface area contributed by atoms with Crippen LogP contribution in [0.2, 0.25) is 0 Å². The molecule has 0 aliphatic heterocycles. The number of rotatable bonds is 13. The van der Waals surface area contributed by atoms with Crippen molar-refractivity contribution in [1.29, 1.82) is 0 Å². The van der Waals surface area contributed by atoms with Crippen LogP contribution < -0.4 is 10.1 Å². The molecule has 0 aliphatic rings. The van der Waals surface area contributed by atoms with Gasteiger partial charge in [0, 0.05) is 13.0 Å². The fourth-order valence-electron chi connectivity index (χ4n) is 4.09. The number of aliphatic hydroxyl groups excluding tert-OH is 1. The zero-order valence-corrected chi connectivity index (χ0v) is 22.8. The van der Waals surface area contributed by atoms with Gasteiger partial charge >= 0.3 is 18.0 Å². The Labute approximate surface area is 229 Å². The first kappa shape index (κ1) is 29.6. The first-order valence-corrected chi connectivity index (χ1v) is 13.4. The summed E-state index contributed by atoms with van der Waals surface area (Å²) in [5, 5.41) is 15.3. The van der Waals surface area contributed by atoms with Crippen molar-refractivity contribution in [3.63, 3.8) is 0 Å². The van der Waals surface area contributed by atoms with Crippen LogP contribution in [-0.2, 0) is 20.7 Å². The Kier molecular flexibility index (Phi) is 11.3. The number of nitrogens with one attached hydrogen (secondary N) is 1. The van der Waals surface area contributed by atoms with E-state index in [0.29, 0.717) is 12.2 Å². The molecule has 3 aromatic rings. The summed E-state index contributed by atoms with van der Waals surface area (Å²) in [6.07, 6.45) is 0.235. The fourth-order valence-corrected chi connectivity index (χ4v) is 4.09. The Morgan fingerprint density at radius 3 is 2.28 bits per heavy atom. The molecule has 3 aromatic carbocycles. The molecule has 2 N–H and O–H groups in total. The van der Waals surface area contributed by atoms with Crippen molar-refractivity contribution in [3.8, 4) is 5.75 Å². The van der Waals surface area contributed by atoms with E-state index in [1.54, 1.807) is 24.3 Å². The molecule has 0 saturated heterocycles. The summed E-state index contributed by atoms with van der Waals surface area (Å²) in [6.45, 7) is 6.02. The molecule has 208 valence electrons. The number of fused-ring (bicyclic) bond motifs is 1. The molecule has 8 heteroatoms. The van der Waals surface area contributed by atoms with Crippen molar-refractivity contribution < 1.29 is 29.0 Å². The van der Waals surface area contributed by atoms with Gasteiger partial charge in [0.05, 0.1) is 13.2 Å². The second kappa shape index (κ2) is 14.9. The van der Waals surface area contributed by atoms with Crippen molar-refractivity contribution in [2.75, 3.05) is 19.7 Å². The maximum absolute atomic E-state index is 13.4. The minimum absolute atomic E-state index is 0.0502. The van der Waals surface area contributed by atoms with Gasteiger partial charge in [-0.25, -0.2) is 14.4 Å². The lowest BCUT2D eigenvalue weighted by Crippen LogP contribution is -2.53. The molecule has 0 radical (unpaired) electrons. The first-order chi connectivity index (χ1) is 18.8. The molecular formula is C31H38N2O6. The molecule has 0 saturated carbocycles. The molecule has 0 heterocycles. The topological polar surface area (TPSA) is 105 Å². The van der Waals surface area contributed by atoms with E-state index in [4.69, 9.17) is 9.47 Å². The number of hydrogen-bond donors (Lipinski definition) is 2. The maximum atomic E-state index is 13.4. The quantitative estimate of drug-likeness (QED) is 0.187. The predicted molar refractivity (Wildman–Crippen MR) is 150 cm³/mol. The average molecular weight is 535 g/mol. The van der Waals surface area contributed by atoms with Crippen LogP contribution >= 0.6 is 0 Å². The van der Waals surface area contributed by atoms with E-state index in [2.05, 4.69) is 5.32 Å². The number of nitrogens with zero attached hydrogens (tertiary/aromatic N) is 1. The third-order valence-corrected chi connectivity index (χ3v) is 6.08. The van der Waals surface area contributed by atoms with Crippen LogP contribution in [0.1, 0.15) is 39.2 Å². The van der Waals surface area contributed by atoms with E-state index in [1.807, 2.05) is 69.3 Å². The van der Waals surface area contributed by atoms with Crippen LogP contribution in [0.3, 0.4) is 0 Å². The molecule has 0 fully saturated rings. The summed E-state index contributed by atoms with van der Waals surface area (Å²) in [6, 6.07) is 20.8. The maximum Gasteiger partial charge on any atom is 0.336 e. The molecule has 3 rings (SSSR count). The number of aliphatic hydroxyl groups is 1. The minimum atomic E-state index is -1.50. The van der Waals surface area contributed by atoms with Crippen molar-refractivity contribution in [1.82, 2.24) is 10.2 Å². The molecule has 2 amide bonds. The lowest BCUT2D eigenvalue weighted by molar-refractivity contribution is -0.154. The molecule has 39 heavy (non-hydrogen) atoms. The number of amides is 2. The van der Waals surface area contributed by atoms with Gasteiger partial charge in [-0.3, -0.25) is 0 Å². The number of carbonyl (C=O) groups excluding carboxylic acids is 3. The molecule has 8 nitrogen and oxygen atoms in total. The summed E-state index contributed by atoms with van der Waals surface area (Å²) in [7, 11) is 0. The molecule has 0 aromatic heterocycles. The smallest absolute Gasteiger partial charge is 0.336 e. The molecule has 0 spiro atoms. The predicted octanol–water partition coefficient (Wildman–Crippen LogP) is 4.73. The van der Waals surface area contributed by atoms with E-state index >= 15 is 0 Å². The number of hydrogen-bond acceptors (Lipinski definition) is 6. The molecule has 2 atom stereocenters. The van der Waals surface area contributed by atoms with E-state index in [1.165, 1.54) is 4.90 Å². The van der Waals surface area contributed by atoms with Crippen LogP contribution in [0, 0.1) is 5.92 Å². The highest BCUT2D eigenvalue weighted by atomic mass is 16.5. The van der Waals surface area contributed by atoms with Gasteiger partial charge in [-0.2, -0.15) is 0 Å². The highest BCUT2D eigenvalue weighted by Crippen LogP contribution is 2.18. The third kappa shape index (κ3) is 9.41. The fraction of sp³-hybridized carbons (Fsp3) is 0.387. The first-order valence-electron chi connectivity index (χ1n) is 13.4. The third-order valence-electron chi connectivity index (χ3n) is 6.08. The SMILES string of the molecule is CCCCOC(=O)[C@@H](O)CN(CC(C)C)C(=O)N[C@@H](Cc1ccc2ccccc2c1)C(=O)Oc1ccccc1. The monoisotopic (exact) mass is 534 g/mol. The number of ether oxygens (including phenoxy) is 2. The Morgan fingerprint density at radius 2 is 1.59 bits per heavy atom. The Bertz CT molecular complexity index is 1230. The molecule has 0 unspecified atom stereocenters. The lowest BCUT2D eigenvalue weighted by Gasteiger charge is -2.28. The zero-order valence-electron chi connectivity index (χ0n) is 22.8. The van der Waals surface area contributed by atoms with E-state index < -0.39 is 30.1 Å². The largest absolute Gasteiger partial charge is 0.464 e. The van der Waals surface area contributed by atoms with E-state index in [-0.39, 0.29) is 32.0 Å². The van der Waals surface area contributed by atoms with Crippen LogP contribution in [0.15, 0.2) is 72.8 Å². The van der Waals surface area contributed by atoms with Crippen molar-refractivity contribution in [2.45, 2.75) is 52.2 Å². The lowest BCUT2D eigenvalue weighted by atomic mass is 10.0. The standard InChI is InChI=1S/C31H38N2O6/c1-4-5-17-38-30(36)28(34)21-33(20-22(2)3)31(37)32-27(29(35)39-26-13-7-6-8-14-26)19-23-15-16-24-11-9-10-12-25(24)18-23/h6-16,18,22,27-28,34H,4-5,17,19-21H2,1-3H3,(H,32,37)/t27-,28-/m0/s1. The Hall–Kier alpha value is -3.91. The highest BCUT2D eigenvalue weighted by Gasteiger charge is 2.29. The molecule has 0 bridgehead atoms. The van der Waals surface area contributed by atoms with E-state index in [9.17, 15) is 19.5 Å². The second-order valence-electron chi connectivity index (χ2n) is 9.96. The van der Waals surface area contributed by atoms with Crippen molar-refractivity contribution >= 4 is 28.7 Å². The summed E-state index contributed by atoms with van der Waals surface area (Å²) < 4.78 is 10.7. The number of benzene rings is 3. The Morgan fingerprint density at radius 1 is 0.897 bits per heavy atom. The van der Waals surface area contributed by atoms with E-state index in [0.717, 1.165) is 22.8 Å². The van der Waals surface area contributed by atoms with Crippen LogP contribution in [0.5, 0.6) is 5.75 Å². The molecular weight excluding hydrogens is 496 g/mol. The summed E-state index contributed by atoms with van der Waals surface area (Å²) in [5.74, 6) is -0.980. The number of para-hydroxylation sites is 1. The van der Waals surface area contributed by atoms with Gasteiger partial charge in [0.25, 0.3) is 0 Å². The number of urea groups is 1. The summed E-state index contributed by atoms with van der Waals surface area (Å²) >= 11 is 0. The van der Waals surface area contributed by atoms with Gasteiger partial charge in [0.2, 0.25) is 0 Å². The van der Waals surface area contributed by atoms with Gasteiger partial charge in [-0.15, -0.1) is 0 Å². The summed E-state index contributed by atoms with van der Waals surface area (Å²) in [4.78, 5) is 40.2.